The van der Waals surface area contributed by atoms with Crippen LogP contribution >= 0.6 is 0 Å². The topological polar surface area (TPSA) is 20.3 Å². The zero-order chi connectivity index (χ0) is 11.0. The van der Waals surface area contributed by atoms with Gasteiger partial charge in [0.2, 0.25) is 0 Å². The summed E-state index contributed by atoms with van der Waals surface area (Å²) in [5, 5.41) is 0. The number of hydrogen-bond donors (Lipinski definition) is 0. The molecular formula is C13H15NO. The number of carbonyl (C=O) groups excluding carboxylic acids is 1. The number of nitrogens with zero attached hydrogens (tertiary/aromatic N) is 1. The Morgan fingerprint density at radius 1 is 1.27 bits per heavy atom. The number of ketones is 1. The molecule has 0 spiro atoms. The third-order valence-corrected chi connectivity index (χ3v) is 2.80. The molecule has 78 valence electrons. The molecule has 0 aromatic heterocycles. The SMILES string of the molecule is CC1/C(=C/N(C)C)C(=O)c2ccccc21. The molecule has 0 saturated heterocycles. The van der Waals surface area contributed by atoms with Gasteiger partial charge in [-0.3, -0.25) is 4.79 Å². The summed E-state index contributed by atoms with van der Waals surface area (Å²) in [6.07, 6.45) is 1.92. The summed E-state index contributed by atoms with van der Waals surface area (Å²) < 4.78 is 0. The highest BCUT2D eigenvalue weighted by molar-refractivity contribution is 6.14. The third kappa shape index (κ3) is 1.56. The molecule has 2 rings (SSSR count). The minimum Gasteiger partial charge on any atom is -0.383 e. The van der Waals surface area contributed by atoms with Crippen LogP contribution in [0.15, 0.2) is 36.0 Å². The minimum absolute atomic E-state index is 0.173. The second kappa shape index (κ2) is 3.54. The number of rotatable bonds is 1. The van der Waals surface area contributed by atoms with E-state index in [0.717, 1.165) is 16.7 Å². The lowest BCUT2D eigenvalue weighted by Gasteiger charge is -2.09. The average Bonchev–Trinajstić information content (AvgIpc) is 2.44. The molecule has 0 bridgehead atoms. The lowest BCUT2D eigenvalue weighted by molar-refractivity contribution is 0.103. The van der Waals surface area contributed by atoms with Crippen LogP contribution < -0.4 is 0 Å². The van der Waals surface area contributed by atoms with Gasteiger partial charge in [-0.1, -0.05) is 31.2 Å². The van der Waals surface area contributed by atoms with E-state index >= 15 is 0 Å². The summed E-state index contributed by atoms with van der Waals surface area (Å²) >= 11 is 0. The van der Waals surface area contributed by atoms with E-state index in [2.05, 4.69) is 6.92 Å². The molecule has 1 aromatic rings. The van der Waals surface area contributed by atoms with Crippen molar-refractivity contribution in [3.8, 4) is 0 Å². The Labute approximate surface area is 90.2 Å². The van der Waals surface area contributed by atoms with Crippen molar-refractivity contribution in [1.82, 2.24) is 4.90 Å². The fourth-order valence-electron chi connectivity index (χ4n) is 2.05. The third-order valence-electron chi connectivity index (χ3n) is 2.80. The van der Waals surface area contributed by atoms with Crippen LogP contribution in [0.5, 0.6) is 0 Å². The van der Waals surface area contributed by atoms with Gasteiger partial charge in [0.25, 0.3) is 0 Å². The van der Waals surface area contributed by atoms with E-state index in [-0.39, 0.29) is 11.7 Å². The molecule has 0 N–H and O–H groups in total. The first-order valence-electron chi connectivity index (χ1n) is 5.13. The molecule has 0 heterocycles. The van der Waals surface area contributed by atoms with Crippen molar-refractivity contribution in [2.45, 2.75) is 12.8 Å². The number of benzene rings is 1. The number of carbonyl (C=O) groups is 1. The molecule has 1 aliphatic carbocycles. The van der Waals surface area contributed by atoms with Crippen LogP contribution in [0.4, 0.5) is 0 Å². The van der Waals surface area contributed by atoms with Gasteiger partial charge in [0.15, 0.2) is 5.78 Å². The molecule has 2 nitrogen and oxygen atoms in total. The predicted octanol–water partition coefficient (Wildman–Crippen LogP) is 2.43. The van der Waals surface area contributed by atoms with Crippen molar-refractivity contribution < 1.29 is 4.79 Å². The van der Waals surface area contributed by atoms with Crippen molar-refractivity contribution in [2.24, 2.45) is 0 Å². The van der Waals surface area contributed by atoms with E-state index in [1.54, 1.807) is 0 Å². The van der Waals surface area contributed by atoms with Gasteiger partial charge in [-0.15, -0.1) is 0 Å². The molecule has 0 fully saturated rings. The summed E-state index contributed by atoms with van der Waals surface area (Å²) in [4.78, 5) is 14.0. The Morgan fingerprint density at radius 3 is 2.53 bits per heavy atom. The lowest BCUT2D eigenvalue weighted by atomic mass is 10.0. The van der Waals surface area contributed by atoms with E-state index in [9.17, 15) is 4.79 Å². The number of fused-ring (bicyclic) bond motifs is 1. The Balaban J connectivity index is 2.50. The molecule has 0 saturated carbocycles. The Kier molecular flexibility index (Phi) is 2.35. The summed E-state index contributed by atoms with van der Waals surface area (Å²) in [5.41, 5.74) is 2.90. The normalized spacial score (nSPS) is 21.9. The summed E-state index contributed by atoms with van der Waals surface area (Å²) in [6.45, 7) is 2.08. The van der Waals surface area contributed by atoms with Gasteiger partial charge in [-0.2, -0.15) is 0 Å². The van der Waals surface area contributed by atoms with Crippen molar-refractivity contribution in [2.75, 3.05) is 14.1 Å². The predicted molar refractivity (Wildman–Crippen MR) is 61.0 cm³/mol. The zero-order valence-corrected chi connectivity index (χ0v) is 9.32. The summed E-state index contributed by atoms with van der Waals surface area (Å²) in [5.74, 6) is 0.392. The maximum Gasteiger partial charge on any atom is 0.191 e. The number of Topliss-reactive ketones (excluding diaryl/α,β-unsaturated/α-hetero) is 1. The van der Waals surface area contributed by atoms with Crippen LogP contribution in [0, 0.1) is 0 Å². The smallest absolute Gasteiger partial charge is 0.191 e. The molecule has 1 aromatic carbocycles. The average molecular weight is 201 g/mol. The van der Waals surface area contributed by atoms with E-state index in [1.165, 1.54) is 0 Å². The van der Waals surface area contributed by atoms with Crippen molar-refractivity contribution in [1.29, 1.82) is 0 Å². The van der Waals surface area contributed by atoms with Crippen LogP contribution in [-0.2, 0) is 0 Å². The van der Waals surface area contributed by atoms with Gasteiger partial charge in [0, 0.05) is 37.3 Å². The quantitative estimate of drug-likeness (QED) is 0.650. The summed E-state index contributed by atoms with van der Waals surface area (Å²) in [6, 6.07) is 7.85. The van der Waals surface area contributed by atoms with E-state index in [4.69, 9.17) is 0 Å². The second-order valence-electron chi connectivity index (χ2n) is 4.19. The standard InChI is InChI=1S/C13H15NO/c1-9-10-6-4-5-7-11(10)13(15)12(9)8-14(2)3/h4-9H,1-3H3/b12-8-. The number of allylic oxidation sites excluding steroid dienone is 1. The second-order valence-corrected chi connectivity index (χ2v) is 4.19. The molecule has 1 unspecified atom stereocenters. The van der Waals surface area contributed by atoms with Crippen LogP contribution in [0.2, 0.25) is 0 Å². The van der Waals surface area contributed by atoms with Gasteiger partial charge < -0.3 is 4.90 Å². The highest BCUT2D eigenvalue weighted by Crippen LogP contribution is 2.36. The largest absolute Gasteiger partial charge is 0.383 e. The highest BCUT2D eigenvalue weighted by atomic mass is 16.1. The molecule has 1 atom stereocenters. The Hall–Kier alpha value is -1.57. The number of hydrogen-bond acceptors (Lipinski definition) is 2. The molecule has 0 amide bonds. The first kappa shape index (κ1) is 9.97. The van der Waals surface area contributed by atoms with Gasteiger partial charge >= 0.3 is 0 Å². The first-order chi connectivity index (χ1) is 7.11. The molecule has 1 aliphatic rings. The Bertz CT molecular complexity index is 432. The van der Waals surface area contributed by atoms with Gasteiger partial charge in [0.05, 0.1) is 0 Å². The van der Waals surface area contributed by atoms with Crippen LogP contribution in [0.1, 0.15) is 28.8 Å². The minimum atomic E-state index is 0.173. The highest BCUT2D eigenvalue weighted by Gasteiger charge is 2.30. The van der Waals surface area contributed by atoms with Crippen molar-refractivity contribution in [3.05, 3.63) is 47.2 Å². The lowest BCUT2D eigenvalue weighted by Crippen LogP contribution is -2.07. The zero-order valence-electron chi connectivity index (χ0n) is 9.32. The maximum absolute atomic E-state index is 12.0. The van der Waals surface area contributed by atoms with Gasteiger partial charge in [-0.05, 0) is 5.56 Å². The van der Waals surface area contributed by atoms with Gasteiger partial charge in [-0.25, -0.2) is 0 Å². The monoisotopic (exact) mass is 201 g/mol. The molecule has 0 aliphatic heterocycles. The van der Waals surface area contributed by atoms with Gasteiger partial charge in [0.1, 0.15) is 0 Å². The van der Waals surface area contributed by atoms with Crippen molar-refractivity contribution >= 4 is 5.78 Å². The molecule has 15 heavy (non-hydrogen) atoms. The van der Waals surface area contributed by atoms with Crippen LogP contribution in [-0.4, -0.2) is 24.8 Å². The van der Waals surface area contributed by atoms with E-state index < -0.39 is 0 Å². The Morgan fingerprint density at radius 2 is 1.93 bits per heavy atom. The van der Waals surface area contributed by atoms with E-state index in [1.807, 2.05) is 49.5 Å². The fourth-order valence-corrected chi connectivity index (χ4v) is 2.05. The fraction of sp³-hybridized carbons (Fsp3) is 0.308. The molecular weight excluding hydrogens is 186 g/mol. The summed E-state index contributed by atoms with van der Waals surface area (Å²) in [7, 11) is 3.88. The van der Waals surface area contributed by atoms with Crippen LogP contribution in [0.25, 0.3) is 0 Å². The first-order valence-corrected chi connectivity index (χ1v) is 5.13. The molecule has 2 heteroatoms. The maximum atomic E-state index is 12.0. The van der Waals surface area contributed by atoms with Crippen LogP contribution in [0.3, 0.4) is 0 Å². The van der Waals surface area contributed by atoms with E-state index in [0.29, 0.717) is 0 Å². The molecule has 0 radical (unpaired) electrons. The van der Waals surface area contributed by atoms with Crippen molar-refractivity contribution in [3.63, 3.8) is 0 Å².